The highest BCUT2D eigenvalue weighted by Gasteiger charge is 2.41. The van der Waals surface area contributed by atoms with E-state index in [1.807, 2.05) is 20.8 Å². The third-order valence-electron chi connectivity index (χ3n) is 6.26. The Bertz CT molecular complexity index is 913. The van der Waals surface area contributed by atoms with Gasteiger partial charge in [-0.05, 0) is 70.6 Å². The van der Waals surface area contributed by atoms with Gasteiger partial charge in [0.2, 0.25) is 11.8 Å². The predicted octanol–water partition coefficient (Wildman–Crippen LogP) is 2.94. The number of halogens is 2. The minimum absolute atomic E-state index is 0.157. The summed E-state index contributed by atoms with van der Waals surface area (Å²) in [6.45, 7) is 6.00. The van der Waals surface area contributed by atoms with Crippen LogP contribution in [0.4, 0.5) is 4.39 Å². The van der Waals surface area contributed by atoms with Crippen molar-refractivity contribution in [1.82, 2.24) is 15.5 Å². The fourth-order valence-corrected chi connectivity index (χ4v) is 4.35. The molecule has 7 nitrogen and oxygen atoms in total. The summed E-state index contributed by atoms with van der Waals surface area (Å²) in [5, 5.41) is 15.8. The molecule has 1 unspecified atom stereocenters. The van der Waals surface area contributed by atoms with Gasteiger partial charge in [-0.2, -0.15) is 0 Å². The van der Waals surface area contributed by atoms with Crippen LogP contribution < -0.4 is 16.4 Å². The summed E-state index contributed by atoms with van der Waals surface area (Å²) in [5.41, 5.74) is 6.91. The quantitative estimate of drug-likeness (QED) is 0.418. The van der Waals surface area contributed by atoms with Crippen molar-refractivity contribution in [3.63, 3.8) is 0 Å². The van der Waals surface area contributed by atoms with E-state index in [1.54, 1.807) is 17.2 Å². The normalized spacial score (nSPS) is 21.0. The number of allylic oxidation sites excluding steroid dienone is 1. The lowest BCUT2D eigenvalue weighted by Crippen LogP contribution is -2.56. The second kappa shape index (κ2) is 10.4. The number of amides is 2. The molecule has 182 valence electrons. The minimum Gasteiger partial charge on any atom is -0.401 e. The molecule has 2 amide bonds. The maximum absolute atomic E-state index is 14.0. The molecular formula is C24H34BrFN4O3. The smallest absolute Gasteiger partial charge is 0.246 e. The van der Waals surface area contributed by atoms with Gasteiger partial charge in [-0.3, -0.25) is 9.59 Å². The Morgan fingerprint density at radius 2 is 2.03 bits per heavy atom. The Morgan fingerprint density at radius 3 is 2.61 bits per heavy atom. The standard InChI is InChI=1S/C24H34BrFN4O3/c1-24(2,3)21(28-12-18(27)14-6-7-14)23(33)30-10-4-5-20(30)22(32)29-19(13-31)15-8-9-16(25)17(26)11-15/h8-9,11-12,14,19-21,28,31H,4-7,10,13,27H2,1-3H3,(H,29,32)/b18-12-/t19?,20-,21+/m0/s1. The van der Waals surface area contributed by atoms with Crippen LogP contribution in [0.15, 0.2) is 34.6 Å². The zero-order chi connectivity index (χ0) is 24.3. The molecule has 1 heterocycles. The van der Waals surface area contributed by atoms with Gasteiger partial charge in [0.05, 0.1) is 17.1 Å². The number of carbonyl (C=O) groups excluding carboxylic acids is 2. The number of nitrogens with zero attached hydrogens (tertiary/aromatic N) is 1. The number of nitrogens with one attached hydrogen (secondary N) is 2. The molecule has 0 bridgehead atoms. The Labute approximate surface area is 203 Å². The fraction of sp³-hybridized carbons (Fsp3) is 0.583. The van der Waals surface area contributed by atoms with Gasteiger partial charge in [-0.15, -0.1) is 0 Å². The topological polar surface area (TPSA) is 108 Å². The highest BCUT2D eigenvalue weighted by Crippen LogP contribution is 2.34. The molecule has 0 spiro atoms. The van der Waals surface area contributed by atoms with Crippen molar-refractivity contribution >= 4 is 27.7 Å². The predicted molar refractivity (Wildman–Crippen MR) is 128 cm³/mol. The molecule has 1 aromatic rings. The van der Waals surface area contributed by atoms with Crippen LogP contribution >= 0.6 is 15.9 Å². The molecule has 3 atom stereocenters. The van der Waals surface area contributed by atoms with E-state index in [2.05, 4.69) is 26.6 Å². The van der Waals surface area contributed by atoms with Crippen molar-refractivity contribution < 1.29 is 19.1 Å². The van der Waals surface area contributed by atoms with Gasteiger partial charge < -0.3 is 26.4 Å². The van der Waals surface area contributed by atoms with Crippen LogP contribution in [-0.4, -0.2) is 47.1 Å². The summed E-state index contributed by atoms with van der Waals surface area (Å²) in [6, 6.07) is 2.49. The van der Waals surface area contributed by atoms with E-state index in [4.69, 9.17) is 5.73 Å². The summed E-state index contributed by atoms with van der Waals surface area (Å²) in [7, 11) is 0. The number of aliphatic hydroxyl groups is 1. The van der Waals surface area contributed by atoms with Gasteiger partial charge in [0.15, 0.2) is 0 Å². The number of aliphatic hydroxyl groups excluding tert-OH is 1. The van der Waals surface area contributed by atoms with Gasteiger partial charge in [0.1, 0.15) is 17.9 Å². The minimum atomic E-state index is -0.768. The lowest BCUT2D eigenvalue weighted by molar-refractivity contribution is -0.142. The Morgan fingerprint density at radius 1 is 1.33 bits per heavy atom. The van der Waals surface area contributed by atoms with Crippen LogP contribution in [0.5, 0.6) is 0 Å². The van der Waals surface area contributed by atoms with Crippen LogP contribution in [-0.2, 0) is 9.59 Å². The van der Waals surface area contributed by atoms with E-state index in [0.29, 0.717) is 35.3 Å². The molecule has 2 aliphatic rings. The van der Waals surface area contributed by atoms with Gasteiger partial charge in [-0.1, -0.05) is 26.8 Å². The van der Waals surface area contributed by atoms with Crippen LogP contribution in [0.1, 0.15) is 58.1 Å². The molecular weight excluding hydrogens is 491 g/mol. The van der Waals surface area contributed by atoms with Crippen LogP contribution in [0.3, 0.4) is 0 Å². The molecule has 9 heteroatoms. The summed E-state index contributed by atoms with van der Waals surface area (Å²) in [5.74, 6) is -0.605. The largest absolute Gasteiger partial charge is 0.401 e. The first-order valence-electron chi connectivity index (χ1n) is 11.4. The molecule has 1 aromatic carbocycles. The summed E-state index contributed by atoms with van der Waals surface area (Å²) >= 11 is 3.10. The number of rotatable bonds is 8. The monoisotopic (exact) mass is 524 g/mol. The first-order valence-corrected chi connectivity index (χ1v) is 12.2. The number of hydrogen-bond donors (Lipinski definition) is 4. The maximum Gasteiger partial charge on any atom is 0.246 e. The van der Waals surface area contributed by atoms with E-state index in [0.717, 1.165) is 18.5 Å². The molecule has 1 saturated carbocycles. The molecule has 1 aliphatic heterocycles. The fourth-order valence-electron chi connectivity index (χ4n) is 4.11. The van der Waals surface area contributed by atoms with Crippen LogP contribution in [0, 0.1) is 17.2 Å². The highest BCUT2D eigenvalue weighted by atomic mass is 79.9. The number of hydrogen-bond acceptors (Lipinski definition) is 5. The maximum atomic E-state index is 14.0. The van der Waals surface area contributed by atoms with Gasteiger partial charge in [0.25, 0.3) is 0 Å². The summed E-state index contributed by atoms with van der Waals surface area (Å²) < 4.78 is 14.3. The van der Waals surface area contributed by atoms with E-state index in [-0.39, 0.29) is 18.4 Å². The third kappa shape index (κ3) is 6.26. The van der Waals surface area contributed by atoms with Gasteiger partial charge in [-0.25, -0.2) is 4.39 Å². The second-order valence-electron chi connectivity index (χ2n) is 9.99. The van der Waals surface area contributed by atoms with E-state index in [1.165, 1.54) is 12.1 Å². The number of nitrogens with two attached hydrogens (primary N) is 1. The second-order valence-corrected chi connectivity index (χ2v) is 10.8. The lowest BCUT2D eigenvalue weighted by atomic mass is 9.85. The van der Waals surface area contributed by atoms with E-state index >= 15 is 0 Å². The number of benzene rings is 1. The summed E-state index contributed by atoms with van der Waals surface area (Å²) in [6.07, 6.45) is 5.11. The zero-order valence-corrected chi connectivity index (χ0v) is 21.0. The zero-order valence-electron chi connectivity index (χ0n) is 19.4. The van der Waals surface area contributed by atoms with Gasteiger partial charge >= 0.3 is 0 Å². The molecule has 5 N–H and O–H groups in total. The third-order valence-corrected chi connectivity index (χ3v) is 6.91. The molecule has 0 radical (unpaired) electrons. The number of carbonyl (C=O) groups is 2. The summed E-state index contributed by atoms with van der Waals surface area (Å²) in [4.78, 5) is 28.2. The van der Waals surface area contributed by atoms with E-state index in [9.17, 15) is 19.1 Å². The SMILES string of the molecule is CC(C)(C)[C@H](N/C=C(\N)C1CC1)C(=O)N1CCC[C@H]1C(=O)NC(CO)c1ccc(Br)c(F)c1. The molecule has 2 fully saturated rings. The highest BCUT2D eigenvalue weighted by molar-refractivity contribution is 9.10. The van der Waals surface area contributed by atoms with Crippen molar-refractivity contribution in [3.05, 3.63) is 45.9 Å². The van der Waals surface area contributed by atoms with Crippen molar-refractivity contribution in [2.24, 2.45) is 17.1 Å². The Kier molecular flexibility index (Phi) is 8.05. The Balaban J connectivity index is 1.73. The molecule has 3 rings (SSSR count). The van der Waals surface area contributed by atoms with Gasteiger partial charge in [0, 0.05) is 18.4 Å². The first kappa shape index (κ1) is 25.5. The molecule has 33 heavy (non-hydrogen) atoms. The average Bonchev–Trinajstić information content (AvgIpc) is 3.49. The van der Waals surface area contributed by atoms with Crippen molar-refractivity contribution in [3.8, 4) is 0 Å². The van der Waals surface area contributed by atoms with Crippen molar-refractivity contribution in [2.45, 2.75) is 64.6 Å². The van der Waals surface area contributed by atoms with Crippen molar-refractivity contribution in [2.75, 3.05) is 13.2 Å². The van der Waals surface area contributed by atoms with Crippen LogP contribution in [0.2, 0.25) is 0 Å². The molecule has 1 aliphatic carbocycles. The lowest BCUT2D eigenvalue weighted by Gasteiger charge is -2.35. The molecule has 0 aromatic heterocycles. The average molecular weight is 525 g/mol. The first-order chi connectivity index (χ1) is 15.5. The van der Waals surface area contributed by atoms with E-state index < -0.39 is 29.4 Å². The Hall–Kier alpha value is -2.13. The number of likely N-dealkylation sites (tertiary alicyclic amines) is 1. The molecule has 1 saturated heterocycles. The van der Waals surface area contributed by atoms with Crippen LogP contribution in [0.25, 0.3) is 0 Å². The van der Waals surface area contributed by atoms with Crippen molar-refractivity contribution in [1.29, 1.82) is 0 Å².